The molecule has 2 atom stereocenters. The third kappa shape index (κ3) is 2.68. The molecule has 1 fully saturated rings. The van der Waals surface area contributed by atoms with Crippen molar-refractivity contribution in [3.8, 4) is 0 Å². The van der Waals surface area contributed by atoms with E-state index in [1.165, 1.54) is 11.1 Å². The fraction of sp³-hybridized carbons (Fsp3) is 0.533. The summed E-state index contributed by atoms with van der Waals surface area (Å²) in [6.07, 6.45) is 5.15. The minimum absolute atomic E-state index is 0.174. The highest BCUT2D eigenvalue weighted by Crippen LogP contribution is 2.39. The molecule has 0 spiro atoms. The lowest BCUT2D eigenvalue weighted by molar-refractivity contribution is -0.142. The topological polar surface area (TPSA) is 37.3 Å². The first-order valence-corrected chi connectivity index (χ1v) is 6.54. The molecule has 0 bridgehead atoms. The summed E-state index contributed by atoms with van der Waals surface area (Å²) >= 11 is 0. The van der Waals surface area contributed by atoms with Gasteiger partial charge in [-0.05, 0) is 36.3 Å². The van der Waals surface area contributed by atoms with Crippen LogP contribution in [0.15, 0.2) is 24.3 Å². The molecule has 0 aromatic heterocycles. The summed E-state index contributed by atoms with van der Waals surface area (Å²) in [4.78, 5) is 11.2. The Morgan fingerprint density at radius 3 is 2.59 bits per heavy atom. The van der Waals surface area contributed by atoms with Crippen molar-refractivity contribution >= 4 is 5.97 Å². The maximum absolute atomic E-state index is 11.2. The fourth-order valence-electron chi connectivity index (χ4n) is 2.87. The Balaban J connectivity index is 2.13. The molecule has 17 heavy (non-hydrogen) atoms. The molecule has 0 saturated heterocycles. The normalized spacial score (nSPS) is 23.8. The number of carbonyl (C=O) groups is 1. The van der Waals surface area contributed by atoms with Gasteiger partial charge in [0.2, 0.25) is 0 Å². The second-order valence-corrected chi connectivity index (χ2v) is 4.97. The van der Waals surface area contributed by atoms with Gasteiger partial charge >= 0.3 is 5.97 Å². The quantitative estimate of drug-likeness (QED) is 0.861. The Labute approximate surface area is 103 Å². The van der Waals surface area contributed by atoms with Gasteiger partial charge in [0.25, 0.3) is 0 Å². The Kier molecular flexibility index (Phi) is 3.82. The zero-order valence-corrected chi connectivity index (χ0v) is 10.4. The van der Waals surface area contributed by atoms with Crippen molar-refractivity contribution in [1.82, 2.24) is 0 Å². The van der Waals surface area contributed by atoms with Gasteiger partial charge in [0.05, 0.1) is 5.92 Å². The van der Waals surface area contributed by atoms with Gasteiger partial charge in [-0.3, -0.25) is 4.79 Å². The molecule has 0 amide bonds. The minimum atomic E-state index is -0.634. The van der Waals surface area contributed by atoms with Crippen LogP contribution in [0.1, 0.15) is 49.7 Å². The Bertz CT molecular complexity index is 380. The summed E-state index contributed by atoms with van der Waals surface area (Å²) in [5.74, 6) is -0.583. The van der Waals surface area contributed by atoms with Gasteiger partial charge in [0.1, 0.15) is 0 Å². The van der Waals surface area contributed by atoms with E-state index >= 15 is 0 Å². The molecule has 1 aliphatic rings. The van der Waals surface area contributed by atoms with Crippen LogP contribution < -0.4 is 0 Å². The number of benzene rings is 1. The van der Waals surface area contributed by atoms with Crippen molar-refractivity contribution < 1.29 is 9.90 Å². The van der Waals surface area contributed by atoms with Crippen LogP contribution in [0.4, 0.5) is 0 Å². The van der Waals surface area contributed by atoms with Gasteiger partial charge in [-0.15, -0.1) is 0 Å². The first-order valence-electron chi connectivity index (χ1n) is 6.54. The molecule has 0 aliphatic heterocycles. The summed E-state index contributed by atoms with van der Waals surface area (Å²) < 4.78 is 0. The number of rotatable bonds is 4. The predicted octanol–water partition coefficient (Wildman–Crippen LogP) is 3.61. The SMILES string of the molecule is CCCc1ccc(C2CCCC2C(=O)O)cc1. The van der Waals surface area contributed by atoms with Crippen LogP contribution in [0.25, 0.3) is 0 Å². The molecule has 2 rings (SSSR count). The standard InChI is InChI=1S/C15H20O2/c1-2-4-11-7-9-12(10-8-11)13-5-3-6-14(13)15(16)17/h7-10,13-14H,2-6H2,1H3,(H,16,17). The van der Waals surface area contributed by atoms with Crippen molar-refractivity contribution in [2.75, 3.05) is 0 Å². The van der Waals surface area contributed by atoms with E-state index in [2.05, 4.69) is 31.2 Å². The van der Waals surface area contributed by atoms with Crippen molar-refractivity contribution in [3.63, 3.8) is 0 Å². The van der Waals surface area contributed by atoms with Crippen LogP contribution in [0, 0.1) is 5.92 Å². The van der Waals surface area contributed by atoms with Gasteiger partial charge in [-0.1, -0.05) is 44.0 Å². The molecule has 0 radical (unpaired) electrons. The zero-order valence-electron chi connectivity index (χ0n) is 10.4. The molecular formula is C15H20O2. The molecular weight excluding hydrogens is 212 g/mol. The summed E-state index contributed by atoms with van der Waals surface area (Å²) in [6, 6.07) is 8.54. The van der Waals surface area contributed by atoms with Crippen molar-refractivity contribution in [2.45, 2.75) is 44.9 Å². The highest BCUT2D eigenvalue weighted by molar-refractivity contribution is 5.71. The molecule has 92 valence electrons. The highest BCUT2D eigenvalue weighted by atomic mass is 16.4. The van der Waals surface area contributed by atoms with E-state index in [1.54, 1.807) is 0 Å². The molecule has 1 aromatic carbocycles. The summed E-state index contributed by atoms with van der Waals surface area (Å²) in [7, 11) is 0. The summed E-state index contributed by atoms with van der Waals surface area (Å²) in [6.45, 7) is 2.17. The molecule has 1 aliphatic carbocycles. The largest absolute Gasteiger partial charge is 0.481 e. The Morgan fingerprint density at radius 2 is 2.00 bits per heavy atom. The van der Waals surface area contributed by atoms with Gasteiger partial charge in [0, 0.05) is 0 Å². The van der Waals surface area contributed by atoms with E-state index in [0.29, 0.717) is 0 Å². The van der Waals surface area contributed by atoms with Crippen LogP contribution in [-0.4, -0.2) is 11.1 Å². The van der Waals surface area contributed by atoms with Gasteiger partial charge in [0.15, 0.2) is 0 Å². The molecule has 2 unspecified atom stereocenters. The maximum atomic E-state index is 11.2. The second kappa shape index (κ2) is 5.35. The average Bonchev–Trinajstić information content (AvgIpc) is 2.79. The molecule has 2 nitrogen and oxygen atoms in total. The average molecular weight is 232 g/mol. The third-order valence-electron chi connectivity index (χ3n) is 3.78. The van der Waals surface area contributed by atoms with Crippen LogP contribution in [-0.2, 0) is 11.2 Å². The number of carboxylic acids is 1. The van der Waals surface area contributed by atoms with E-state index in [-0.39, 0.29) is 11.8 Å². The predicted molar refractivity (Wildman–Crippen MR) is 68.2 cm³/mol. The van der Waals surface area contributed by atoms with Crippen LogP contribution in [0.3, 0.4) is 0 Å². The van der Waals surface area contributed by atoms with Gasteiger partial charge in [-0.25, -0.2) is 0 Å². The first-order chi connectivity index (χ1) is 8.22. The van der Waals surface area contributed by atoms with E-state index in [0.717, 1.165) is 32.1 Å². The lowest BCUT2D eigenvalue weighted by Gasteiger charge is -2.16. The lowest BCUT2D eigenvalue weighted by atomic mass is 9.88. The van der Waals surface area contributed by atoms with Crippen LogP contribution >= 0.6 is 0 Å². The fourth-order valence-corrected chi connectivity index (χ4v) is 2.87. The number of hydrogen-bond acceptors (Lipinski definition) is 1. The summed E-state index contributed by atoms with van der Waals surface area (Å²) in [5, 5.41) is 9.18. The van der Waals surface area contributed by atoms with E-state index in [9.17, 15) is 9.90 Å². The first kappa shape index (κ1) is 12.2. The van der Waals surface area contributed by atoms with Gasteiger partial charge < -0.3 is 5.11 Å². The monoisotopic (exact) mass is 232 g/mol. The minimum Gasteiger partial charge on any atom is -0.481 e. The van der Waals surface area contributed by atoms with Crippen molar-refractivity contribution in [1.29, 1.82) is 0 Å². The smallest absolute Gasteiger partial charge is 0.307 e. The van der Waals surface area contributed by atoms with Crippen molar-refractivity contribution in [2.24, 2.45) is 5.92 Å². The van der Waals surface area contributed by atoms with E-state index in [4.69, 9.17) is 0 Å². The lowest BCUT2D eigenvalue weighted by Crippen LogP contribution is -2.16. The van der Waals surface area contributed by atoms with Crippen LogP contribution in [0.2, 0.25) is 0 Å². The summed E-state index contributed by atoms with van der Waals surface area (Å²) in [5.41, 5.74) is 2.55. The molecule has 0 heterocycles. The third-order valence-corrected chi connectivity index (χ3v) is 3.78. The number of carboxylic acid groups (broad SMARTS) is 1. The van der Waals surface area contributed by atoms with Crippen LogP contribution in [0.5, 0.6) is 0 Å². The number of aliphatic carboxylic acids is 1. The van der Waals surface area contributed by atoms with Gasteiger partial charge in [-0.2, -0.15) is 0 Å². The number of hydrogen-bond donors (Lipinski definition) is 1. The van der Waals surface area contributed by atoms with E-state index in [1.807, 2.05) is 0 Å². The van der Waals surface area contributed by atoms with E-state index < -0.39 is 5.97 Å². The number of aryl methyl sites for hydroxylation is 1. The zero-order chi connectivity index (χ0) is 12.3. The second-order valence-electron chi connectivity index (χ2n) is 4.97. The van der Waals surface area contributed by atoms with Crippen molar-refractivity contribution in [3.05, 3.63) is 35.4 Å². The maximum Gasteiger partial charge on any atom is 0.307 e. The molecule has 1 N–H and O–H groups in total. The molecule has 2 heteroatoms. The molecule has 1 saturated carbocycles. The molecule has 1 aromatic rings. The Morgan fingerprint density at radius 1 is 1.29 bits per heavy atom. The Hall–Kier alpha value is -1.31. The highest BCUT2D eigenvalue weighted by Gasteiger charge is 2.33.